The summed E-state index contributed by atoms with van der Waals surface area (Å²) >= 11 is 0. The third kappa shape index (κ3) is 3.69. The standard InChI is InChI=1S/C23H22N2O4/c1-14-7-6-10-17(15(14)2)25-18-9-5-4-8-16(18)23(26)29-20-12-22-21(27-13-28-22)11-19(20)24-3/h4-12,24-25H,13H2,1-3H3. The summed E-state index contributed by atoms with van der Waals surface area (Å²) in [6.07, 6.45) is 0. The van der Waals surface area contributed by atoms with Crippen LogP contribution in [-0.4, -0.2) is 19.8 Å². The first-order valence-electron chi connectivity index (χ1n) is 9.32. The SMILES string of the molecule is CNc1cc2c(cc1OC(=O)c1ccccc1Nc1cccc(C)c1C)OCO2. The maximum Gasteiger partial charge on any atom is 0.345 e. The first-order valence-corrected chi connectivity index (χ1v) is 9.32. The van der Waals surface area contributed by atoms with E-state index < -0.39 is 5.97 Å². The van der Waals surface area contributed by atoms with Crippen molar-refractivity contribution in [1.82, 2.24) is 0 Å². The third-order valence-corrected chi connectivity index (χ3v) is 4.97. The highest BCUT2D eigenvalue weighted by atomic mass is 16.7. The van der Waals surface area contributed by atoms with E-state index in [0.29, 0.717) is 34.2 Å². The molecule has 6 heteroatoms. The van der Waals surface area contributed by atoms with Crippen molar-refractivity contribution >= 4 is 23.0 Å². The summed E-state index contributed by atoms with van der Waals surface area (Å²) in [5, 5.41) is 6.38. The molecule has 0 bridgehead atoms. The van der Waals surface area contributed by atoms with E-state index >= 15 is 0 Å². The molecule has 0 spiro atoms. The van der Waals surface area contributed by atoms with Crippen LogP contribution in [0.1, 0.15) is 21.5 Å². The normalized spacial score (nSPS) is 11.8. The third-order valence-electron chi connectivity index (χ3n) is 4.97. The lowest BCUT2D eigenvalue weighted by molar-refractivity contribution is 0.0736. The fourth-order valence-corrected chi connectivity index (χ4v) is 3.16. The van der Waals surface area contributed by atoms with Crippen molar-refractivity contribution in [2.24, 2.45) is 0 Å². The van der Waals surface area contributed by atoms with Crippen LogP contribution in [0.5, 0.6) is 17.2 Å². The number of aryl methyl sites for hydroxylation is 1. The number of anilines is 3. The highest BCUT2D eigenvalue weighted by Gasteiger charge is 2.21. The number of carbonyl (C=O) groups excluding carboxylic acids is 1. The van der Waals surface area contributed by atoms with Gasteiger partial charge in [-0.1, -0.05) is 24.3 Å². The summed E-state index contributed by atoms with van der Waals surface area (Å²) in [4.78, 5) is 13.0. The number of carbonyl (C=O) groups is 1. The van der Waals surface area contributed by atoms with Crippen LogP contribution in [-0.2, 0) is 0 Å². The fraction of sp³-hybridized carbons (Fsp3) is 0.174. The van der Waals surface area contributed by atoms with Crippen LogP contribution in [0, 0.1) is 13.8 Å². The molecular formula is C23H22N2O4. The van der Waals surface area contributed by atoms with Gasteiger partial charge in [0.05, 0.1) is 16.9 Å². The molecule has 0 aliphatic carbocycles. The molecular weight excluding hydrogens is 368 g/mol. The molecule has 3 aromatic carbocycles. The molecule has 0 atom stereocenters. The van der Waals surface area contributed by atoms with Crippen LogP contribution < -0.4 is 24.8 Å². The number of esters is 1. The van der Waals surface area contributed by atoms with Gasteiger partial charge in [0, 0.05) is 24.9 Å². The molecule has 29 heavy (non-hydrogen) atoms. The Labute approximate surface area is 169 Å². The smallest absolute Gasteiger partial charge is 0.345 e. The molecule has 148 valence electrons. The van der Waals surface area contributed by atoms with Crippen molar-refractivity contribution in [2.45, 2.75) is 13.8 Å². The fourth-order valence-electron chi connectivity index (χ4n) is 3.16. The van der Waals surface area contributed by atoms with Crippen LogP contribution in [0.3, 0.4) is 0 Å². The van der Waals surface area contributed by atoms with Gasteiger partial charge < -0.3 is 24.8 Å². The Balaban J connectivity index is 1.63. The van der Waals surface area contributed by atoms with Crippen molar-refractivity contribution in [2.75, 3.05) is 24.5 Å². The number of fused-ring (bicyclic) bond motifs is 1. The molecule has 0 amide bonds. The Morgan fingerprint density at radius 1 is 0.931 bits per heavy atom. The topological polar surface area (TPSA) is 68.8 Å². The molecule has 2 N–H and O–H groups in total. The number of hydrogen-bond donors (Lipinski definition) is 2. The minimum Gasteiger partial charge on any atom is -0.454 e. The molecule has 0 fully saturated rings. The summed E-state index contributed by atoms with van der Waals surface area (Å²) in [7, 11) is 1.75. The van der Waals surface area contributed by atoms with Gasteiger partial charge in [-0.05, 0) is 43.2 Å². The Kier molecular flexibility index (Phi) is 4.99. The van der Waals surface area contributed by atoms with Gasteiger partial charge >= 0.3 is 5.97 Å². The van der Waals surface area contributed by atoms with Crippen LogP contribution >= 0.6 is 0 Å². The first-order chi connectivity index (χ1) is 14.1. The number of benzene rings is 3. The molecule has 4 rings (SSSR count). The minimum absolute atomic E-state index is 0.151. The highest BCUT2D eigenvalue weighted by molar-refractivity contribution is 5.98. The van der Waals surface area contributed by atoms with E-state index in [1.165, 1.54) is 5.56 Å². The molecule has 0 saturated heterocycles. The van der Waals surface area contributed by atoms with Crippen LogP contribution in [0.25, 0.3) is 0 Å². The largest absolute Gasteiger partial charge is 0.454 e. The van der Waals surface area contributed by atoms with E-state index in [2.05, 4.69) is 23.6 Å². The summed E-state index contributed by atoms with van der Waals surface area (Å²) in [6.45, 7) is 4.25. The Bertz CT molecular complexity index is 1080. The average Bonchev–Trinajstić information content (AvgIpc) is 3.18. The molecule has 1 aliphatic rings. The second kappa shape index (κ2) is 7.75. The lowest BCUT2D eigenvalue weighted by Gasteiger charge is -2.15. The molecule has 0 unspecified atom stereocenters. The van der Waals surface area contributed by atoms with Gasteiger partial charge in [0.25, 0.3) is 0 Å². The zero-order chi connectivity index (χ0) is 20.4. The van der Waals surface area contributed by atoms with Crippen LogP contribution in [0.2, 0.25) is 0 Å². The van der Waals surface area contributed by atoms with Gasteiger partial charge in [0.1, 0.15) is 0 Å². The molecule has 1 heterocycles. The second-order valence-electron chi connectivity index (χ2n) is 6.76. The Hall–Kier alpha value is -3.67. The first kappa shape index (κ1) is 18.7. The molecule has 1 aliphatic heterocycles. The van der Waals surface area contributed by atoms with Gasteiger partial charge in [-0.25, -0.2) is 4.79 Å². The van der Waals surface area contributed by atoms with E-state index in [4.69, 9.17) is 14.2 Å². The van der Waals surface area contributed by atoms with Gasteiger partial charge in [-0.2, -0.15) is 0 Å². The maximum absolute atomic E-state index is 13.0. The van der Waals surface area contributed by atoms with Gasteiger partial charge in [-0.3, -0.25) is 0 Å². The van der Waals surface area contributed by atoms with E-state index in [1.54, 1.807) is 25.2 Å². The Morgan fingerprint density at radius 3 is 2.45 bits per heavy atom. The minimum atomic E-state index is -0.464. The predicted octanol–water partition coefficient (Wildman–Crippen LogP) is 5.04. The van der Waals surface area contributed by atoms with Gasteiger partial charge in [-0.15, -0.1) is 0 Å². The second-order valence-corrected chi connectivity index (χ2v) is 6.76. The van der Waals surface area contributed by atoms with Crippen LogP contribution in [0.4, 0.5) is 17.1 Å². The summed E-state index contributed by atoms with van der Waals surface area (Å²) in [5.74, 6) is 1.08. The zero-order valence-electron chi connectivity index (χ0n) is 16.5. The summed E-state index contributed by atoms with van der Waals surface area (Å²) in [6, 6.07) is 16.7. The predicted molar refractivity (Wildman–Crippen MR) is 113 cm³/mol. The molecule has 0 radical (unpaired) electrons. The van der Waals surface area contributed by atoms with E-state index in [1.807, 2.05) is 37.3 Å². The van der Waals surface area contributed by atoms with Crippen molar-refractivity contribution in [3.05, 3.63) is 71.3 Å². The number of ether oxygens (including phenoxy) is 3. The molecule has 0 saturated carbocycles. The van der Waals surface area contributed by atoms with Crippen molar-refractivity contribution < 1.29 is 19.0 Å². The molecule has 3 aromatic rings. The number of nitrogens with one attached hydrogen (secondary N) is 2. The van der Waals surface area contributed by atoms with Gasteiger partial charge in [0.15, 0.2) is 17.2 Å². The quantitative estimate of drug-likeness (QED) is 0.470. The maximum atomic E-state index is 13.0. The monoisotopic (exact) mass is 390 g/mol. The van der Waals surface area contributed by atoms with Crippen molar-refractivity contribution in [3.63, 3.8) is 0 Å². The molecule has 0 aromatic heterocycles. The average molecular weight is 390 g/mol. The number of hydrogen-bond acceptors (Lipinski definition) is 6. The van der Waals surface area contributed by atoms with E-state index in [-0.39, 0.29) is 6.79 Å². The van der Waals surface area contributed by atoms with Crippen molar-refractivity contribution in [1.29, 1.82) is 0 Å². The number of para-hydroxylation sites is 1. The highest BCUT2D eigenvalue weighted by Crippen LogP contribution is 2.41. The van der Waals surface area contributed by atoms with E-state index in [0.717, 1.165) is 11.3 Å². The van der Waals surface area contributed by atoms with E-state index in [9.17, 15) is 4.79 Å². The zero-order valence-corrected chi connectivity index (χ0v) is 16.5. The van der Waals surface area contributed by atoms with Gasteiger partial charge in [0.2, 0.25) is 6.79 Å². The summed E-state index contributed by atoms with van der Waals surface area (Å²) < 4.78 is 16.5. The summed E-state index contributed by atoms with van der Waals surface area (Å²) in [5.41, 5.74) is 5.01. The molecule has 6 nitrogen and oxygen atoms in total. The van der Waals surface area contributed by atoms with Crippen molar-refractivity contribution in [3.8, 4) is 17.2 Å². The number of rotatable bonds is 5. The lowest BCUT2D eigenvalue weighted by atomic mass is 10.1. The lowest BCUT2D eigenvalue weighted by Crippen LogP contribution is -2.12. The van der Waals surface area contributed by atoms with Crippen LogP contribution in [0.15, 0.2) is 54.6 Å². The Morgan fingerprint density at radius 2 is 1.66 bits per heavy atom.